The van der Waals surface area contributed by atoms with E-state index in [1.807, 2.05) is 39.3 Å². The highest BCUT2D eigenvalue weighted by Gasteiger charge is 2.29. The van der Waals surface area contributed by atoms with E-state index in [-0.39, 0.29) is 24.1 Å². The minimum Gasteiger partial charge on any atom is -0.520 e. The van der Waals surface area contributed by atoms with Crippen LogP contribution in [-0.4, -0.2) is 40.8 Å². The minimum absolute atomic E-state index is 0.0144. The van der Waals surface area contributed by atoms with Crippen LogP contribution < -0.4 is 0 Å². The van der Waals surface area contributed by atoms with Gasteiger partial charge in [-0.2, -0.15) is 0 Å². The van der Waals surface area contributed by atoms with Gasteiger partial charge in [-0.3, -0.25) is 9.59 Å². The van der Waals surface area contributed by atoms with Gasteiger partial charge in [0.15, 0.2) is 0 Å². The van der Waals surface area contributed by atoms with Crippen molar-refractivity contribution < 1.29 is 23.2 Å². The van der Waals surface area contributed by atoms with Gasteiger partial charge in [-0.15, -0.1) is 0 Å². The molecule has 25 heavy (non-hydrogen) atoms. The molecule has 5 nitrogen and oxygen atoms in total. The van der Waals surface area contributed by atoms with Crippen LogP contribution in [0.25, 0.3) is 0 Å². The van der Waals surface area contributed by atoms with Gasteiger partial charge in [0, 0.05) is 6.42 Å². The number of rotatable bonds is 10. The number of ether oxygens (including phenoxy) is 1. The number of unbranched alkanes of at least 4 members (excludes halogenated alkanes) is 2. The molecule has 0 amide bonds. The van der Waals surface area contributed by atoms with Gasteiger partial charge < -0.3 is 13.6 Å². The molecule has 1 saturated heterocycles. The van der Waals surface area contributed by atoms with Crippen LogP contribution in [0.4, 0.5) is 0 Å². The molecule has 0 saturated carbocycles. The lowest BCUT2D eigenvalue weighted by Crippen LogP contribution is -2.31. The van der Waals surface area contributed by atoms with E-state index < -0.39 is 16.6 Å². The Morgan fingerprint density at radius 1 is 0.840 bits per heavy atom. The SMILES string of the molecule is C[Si](C)(C)OC(=O)CCCCCC1CCC(CC(=O)O[Si](C)(C)C)O1. The van der Waals surface area contributed by atoms with Crippen molar-refractivity contribution in [3.8, 4) is 0 Å². The van der Waals surface area contributed by atoms with Gasteiger partial charge in [-0.05, 0) is 65.0 Å². The van der Waals surface area contributed by atoms with Crippen LogP contribution in [0.1, 0.15) is 51.4 Å². The Kier molecular flexibility index (Phi) is 8.84. The van der Waals surface area contributed by atoms with E-state index in [0.29, 0.717) is 12.8 Å². The van der Waals surface area contributed by atoms with Crippen LogP contribution in [0.15, 0.2) is 0 Å². The van der Waals surface area contributed by atoms with Crippen molar-refractivity contribution in [3.63, 3.8) is 0 Å². The van der Waals surface area contributed by atoms with Crippen molar-refractivity contribution in [3.05, 3.63) is 0 Å². The second-order valence-corrected chi connectivity index (χ2v) is 17.8. The number of carbonyl (C=O) groups is 2. The fourth-order valence-corrected chi connectivity index (χ4v) is 4.47. The zero-order valence-electron chi connectivity index (χ0n) is 16.9. The molecule has 0 N–H and O–H groups in total. The summed E-state index contributed by atoms with van der Waals surface area (Å²) in [7, 11) is -3.56. The molecule has 0 aromatic rings. The predicted molar refractivity (Wildman–Crippen MR) is 104 cm³/mol. The first kappa shape index (κ1) is 22.4. The smallest absolute Gasteiger partial charge is 0.295 e. The molecule has 1 rings (SSSR count). The summed E-state index contributed by atoms with van der Waals surface area (Å²) < 4.78 is 16.9. The fourth-order valence-electron chi connectivity index (χ4n) is 2.92. The van der Waals surface area contributed by atoms with Gasteiger partial charge in [0.25, 0.3) is 11.9 Å². The number of hydrogen-bond acceptors (Lipinski definition) is 5. The summed E-state index contributed by atoms with van der Waals surface area (Å²) in [5.74, 6) is -0.178. The maximum absolute atomic E-state index is 11.9. The minimum atomic E-state index is -1.80. The monoisotopic (exact) mass is 388 g/mol. The lowest BCUT2D eigenvalue weighted by Gasteiger charge is -2.19. The van der Waals surface area contributed by atoms with Crippen molar-refractivity contribution in [2.45, 2.75) is 103 Å². The Labute approximate surface area is 155 Å². The Morgan fingerprint density at radius 2 is 1.40 bits per heavy atom. The van der Waals surface area contributed by atoms with E-state index in [0.717, 1.165) is 38.5 Å². The van der Waals surface area contributed by atoms with Crippen molar-refractivity contribution in [2.24, 2.45) is 0 Å². The van der Waals surface area contributed by atoms with Crippen LogP contribution >= 0.6 is 0 Å². The maximum Gasteiger partial charge on any atom is 0.295 e. The lowest BCUT2D eigenvalue weighted by molar-refractivity contribution is -0.138. The third kappa shape index (κ3) is 11.5. The molecule has 0 spiro atoms. The van der Waals surface area contributed by atoms with Gasteiger partial charge in [-0.25, -0.2) is 0 Å². The Morgan fingerprint density at radius 3 is 2.00 bits per heavy atom. The Balaban J connectivity index is 2.10. The largest absolute Gasteiger partial charge is 0.520 e. The summed E-state index contributed by atoms with van der Waals surface area (Å²) >= 11 is 0. The van der Waals surface area contributed by atoms with Crippen LogP contribution in [0, 0.1) is 0 Å². The third-order valence-electron chi connectivity index (χ3n) is 3.84. The van der Waals surface area contributed by atoms with E-state index in [4.69, 9.17) is 13.6 Å². The molecule has 1 aliphatic heterocycles. The zero-order valence-corrected chi connectivity index (χ0v) is 18.9. The molecular formula is C18H36O5Si2. The van der Waals surface area contributed by atoms with Crippen molar-refractivity contribution >= 4 is 28.6 Å². The molecule has 7 heteroatoms. The second kappa shape index (κ2) is 9.87. The van der Waals surface area contributed by atoms with Crippen LogP contribution in [0.5, 0.6) is 0 Å². The molecule has 0 bridgehead atoms. The quantitative estimate of drug-likeness (QED) is 0.403. The maximum atomic E-state index is 11.9. The average Bonchev–Trinajstić information content (AvgIpc) is 2.81. The highest BCUT2D eigenvalue weighted by Crippen LogP contribution is 2.26. The van der Waals surface area contributed by atoms with Gasteiger partial charge in [-0.1, -0.05) is 12.8 Å². The highest BCUT2D eigenvalue weighted by atomic mass is 28.4. The standard InChI is InChI=1S/C18H36O5Si2/c1-24(2,3)22-17(19)11-9-7-8-10-15-12-13-16(21-15)14-18(20)23-25(4,5)6/h15-16H,7-14H2,1-6H3. The summed E-state index contributed by atoms with van der Waals surface area (Å²) in [5, 5.41) is 0. The first-order valence-electron chi connectivity index (χ1n) is 9.54. The normalized spacial score (nSPS) is 21.2. The summed E-state index contributed by atoms with van der Waals surface area (Å²) in [5.41, 5.74) is 0. The molecule has 1 fully saturated rings. The van der Waals surface area contributed by atoms with Crippen LogP contribution in [0.2, 0.25) is 39.3 Å². The topological polar surface area (TPSA) is 61.8 Å². The van der Waals surface area contributed by atoms with Gasteiger partial charge >= 0.3 is 0 Å². The second-order valence-electron chi connectivity index (χ2n) is 8.93. The summed E-state index contributed by atoms with van der Waals surface area (Å²) in [6, 6.07) is 0. The first-order chi connectivity index (χ1) is 11.4. The third-order valence-corrected chi connectivity index (χ3v) is 5.52. The van der Waals surface area contributed by atoms with Crippen LogP contribution in [0.3, 0.4) is 0 Å². The van der Waals surface area contributed by atoms with E-state index in [1.165, 1.54) is 0 Å². The van der Waals surface area contributed by atoms with E-state index in [1.54, 1.807) is 0 Å². The molecule has 0 aliphatic carbocycles. The highest BCUT2D eigenvalue weighted by molar-refractivity contribution is 6.71. The predicted octanol–water partition coefficient (Wildman–Crippen LogP) is 4.63. The molecular weight excluding hydrogens is 352 g/mol. The van der Waals surface area contributed by atoms with Crippen molar-refractivity contribution in [2.75, 3.05) is 0 Å². The number of carbonyl (C=O) groups excluding carboxylic acids is 2. The Hall–Kier alpha value is -0.666. The molecule has 2 unspecified atom stereocenters. The Bertz CT molecular complexity index is 440. The van der Waals surface area contributed by atoms with Gasteiger partial charge in [0.1, 0.15) is 0 Å². The lowest BCUT2D eigenvalue weighted by atomic mass is 10.1. The first-order valence-corrected chi connectivity index (χ1v) is 16.4. The van der Waals surface area contributed by atoms with E-state index >= 15 is 0 Å². The molecule has 1 heterocycles. The molecule has 0 radical (unpaired) electrons. The molecule has 0 aromatic heterocycles. The van der Waals surface area contributed by atoms with Crippen molar-refractivity contribution in [1.82, 2.24) is 0 Å². The van der Waals surface area contributed by atoms with E-state index in [9.17, 15) is 9.59 Å². The summed E-state index contributed by atoms with van der Waals surface area (Å²) in [6.45, 7) is 12.1. The molecule has 0 aromatic carbocycles. The zero-order chi connectivity index (χ0) is 19.1. The fraction of sp³-hybridized carbons (Fsp3) is 0.889. The van der Waals surface area contributed by atoms with Gasteiger partial charge in [0.2, 0.25) is 16.6 Å². The molecule has 146 valence electrons. The molecule has 2 atom stereocenters. The summed E-state index contributed by atoms with van der Waals surface area (Å²) in [4.78, 5) is 23.5. The van der Waals surface area contributed by atoms with Crippen molar-refractivity contribution in [1.29, 1.82) is 0 Å². The average molecular weight is 389 g/mol. The summed E-state index contributed by atoms with van der Waals surface area (Å²) in [6.07, 6.45) is 7.06. The van der Waals surface area contributed by atoms with Gasteiger partial charge in [0.05, 0.1) is 18.6 Å². The van der Waals surface area contributed by atoms with Crippen LogP contribution in [-0.2, 0) is 23.2 Å². The molecule has 1 aliphatic rings. The van der Waals surface area contributed by atoms with E-state index in [2.05, 4.69) is 0 Å². The number of hydrogen-bond donors (Lipinski definition) is 0.